The van der Waals surface area contributed by atoms with Crippen molar-refractivity contribution in [2.45, 2.75) is 6.42 Å². The number of carbonyl (C=O) groups is 1. The number of carbonyl (C=O) groups excluding carboxylic acids is 1. The van der Waals surface area contributed by atoms with E-state index in [0.717, 1.165) is 0 Å². The number of nitrogens with two attached hydrogens (primary N) is 1. The van der Waals surface area contributed by atoms with Gasteiger partial charge >= 0.3 is 0 Å². The standard InChI is InChI=1S/C10H13N3O4S/c11-18(16,17)6-7-3-10(15)13(5-7)9-4-8(14)1-2-12-9/h1-2,4,7H,3,5-6H2,(H,12,14)(H2,11,16,17). The maximum atomic E-state index is 11.8. The Labute approximate surface area is 104 Å². The van der Waals surface area contributed by atoms with Gasteiger partial charge in [0.2, 0.25) is 15.9 Å². The molecule has 2 heterocycles. The van der Waals surface area contributed by atoms with Gasteiger partial charge in [-0.05, 0) is 0 Å². The van der Waals surface area contributed by atoms with Gasteiger partial charge in [0.1, 0.15) is 5.82 Å². The molecule has 1 aromatic heterocycles. The van der Waals surface area contributed by atoms with Gasteiger partial charge in [-0.15, -0.1) is 0 Å². The van der Waals surface area contributed by atoms with E-state index in [0.29, 0.717) is 5.82 Å². The number of anilines is 1. The highest BCUT2D eigenvalue weighted by atomic mass is 32.2. The van der Waals surface area contributed by atoms with Crippen molar-refractivity contribution >= 4 is 21.7 Å². The number of aromatic nitrogens is 1. The molecule has 7 nitrogen and oxygen atoms in total. The van der Waals surface area contributed by atoms with Crippen LogP contribution in [0.4, 0.5) is 5.82 Å². The van der Waals surface area contributed by atoms with Crippen molar-refractivity contribution in [3.8, 4) is 0 Å². The highest BCUT2D eigenvalue weighted by Crippen LogP contribution is 2.23. The quantitative estimate of drug-likeness (QED) is 0.735. The molecule has 1 saturated heterocycles. The normalized spacial score (nSPS) is 20.4. The molecule has 0 radical (unpaired) electrons. The fraction of sp³-hybridized carbons (Fsp3) is 0.400. The summed E-state index contributed by atoms with van der Waals surface area (Å²) < 4.78 is 22.0. The van der Waals surface area contributed by atoms with E-state index in [1.54, 1.807) is 0 Å². The minimum Gasteiger partial charge on any atom is -0.348 e. The summed E-state index contributed by atoms with van der Waals surface area (Å²) in [5.41, 5.74) is -0.216. The maximum absolute atomic E-state index is 11.8. The number of nitrogens with one attached hydrogen (secondary N) is 1. The number of sulfonamides is 1. The zero-order valence-electron chi connectivity index (χ0n) is 9.50. The second-order valence-electron chi connectivity index (χ2n) is 4.31. The number of rotatable bonds is 3. The largest absolute Gasteiger partial charge is 0.348 e. The lowest BCUT2D eigenvalue weighted by Gasteiger charge is -2.15. The Balaban J connectivity index is 2.17. The second kappa shape index (κ2) is 4.54. The molecular formula is C10H13N3O4S. The lowest BCUT2D eigenvalue weighted by molar-refractivity contribution is -0.117. The molecule has 0 spiro atoms. The van der Waals surface area contributed by atoms with E-state index in [2.05, 4.69) is 4.98 Å². The van der Waals surface area contributed by atoms with Crippen LogP contribution in [-0.2, 0) is 14.8 Å². The molecule has 18 heavy (non-hydrogen) atoms. The molecule has 1 atom stereocenters. The van der Waals surface area contributed by atoms with Gasteiger partial charge in [-0.25, -0.2) is 13.6 Å². The Bertz CT molecular complexity index is 622. The number of hydrogen-bond acceptors (Lipinski definition) is 4. The Hall–Kier alpha value is -1.67. The van der Waals surface area contributed by atoms with Gasteiger partial charge in [0, 0.05) is 37.2 Å². The van der Waals surface area contributed by atoms with Crippen molar-refractivity contribution in [1.82, 2.24) is 4.98 Å². The third-order valence-electron chi connectivity index (χ3n) is 2.72. The van der Waals surface area contributed by atoms with Crippen molar-refractivity contribution in [1.29, 1.82) is 0 Å². The van der Waals surface area contributed by atoms with Gasteiger partial charge in [-0.2, -0.15) is 0 Å². The first-order valence-corrected chi connectivity index (χ1v) is 7.06. The predicted molar refractivity (Wildman–Crippen MR) is 65.5 cm³/mol. The summed E-state index contributed by atoms with van der Waals surface area (Å²) in [6.45, 7) is 0.245. The van der Waals surface area contributed by atoms with E-state index in [1.807, 2.05) is 0 Å². The van der Waals surface area contributed by atoms with Crippen LogP contribution < -0.4 is 15.5 Å². The number of nitrogens with zero attached hydrogens (tertiary/aromatic N) is 1. The van der Waals surface area contributed by atoms with Gasteiger partial charge < -0.3 is 4.98 Å². The molecule has 8 heteroatoms. The predicted octanol–water partition coefficient (Wildman–Crippen LogP) is -0.984. The Morgan fingerprint density at radius 2 is 2.17 bits per heavy atom. The molecule has 98 valence electrons. The smallest absolute Gasteiger partial charge is 0.228 e. The number of hydrogen-bond donors (Lipinski definition) is 2. The molecule has 0 bridgehead atoms. The van der Waals surface area contributed by atoms with Gasteiger partial charge in [-0.1, -0.05) is 0 Å². The summed E-state index contributed by atoms with van der Waals surface area (Å²) in [5, 5.41) is 4.95. The van der Waals surface area contributed by atoms with Crippen molar-refractivity contribution in [3.05, 3.63) is 28.6 Å². The minimum atomic E-state index is -3.60. The third kappa shape index (κ3) is 2.96. The number of primary sulfonamides is 1. The monoisotopic (exact) mass is 271 g/mol. The van der Waals surface area contributed by atoms with E-state index in [-0.39, 0.29) is 36.0 Å². The molecule has 0 aromatic carbocycles. The van der Waals surface area contributed by atoms with Gasteiger partial charge in [0.25, 0.3) is 0 Å². The number of H-pyrrole nitrogens is 1. The first-order chi connectivity index (χ1) is 8.35. The van der Waals surface area contributed by atoms with Crippen LogP contribution in [0.1, 0.15) is 6.42 Å². The fourth-order valence-corrected chi connectivity index (χ4v) is 2.92. The van der Waals surface area contributed by atoms with Crippen molar-refractivity contribution < 1.29 is 13.2 Å². The first-order valence-electron chi connectivity index (χ1n) is 5.35. The molecule has 1 aliphatic heterocycles. The fourth-order valence-electron chi connectivity index (χ4n) is 2.04. The maximum Gasteiger partial charge on any atom is 0.228 e. The Morgan fingerprint density at radius 3 is 2.78 bits per heavy atom. The van der Waals surface area contributed by atoms with Gasteiger partial charge in [0.15, 0.2) is 5.43 Å². The number of pyridine rings is 1. The van der Waals surface area contributed by atoms with Gasteiger partial charge in [0.05, 0.1) is 5.75 Å². The molecular weight excluding hydrogens is 258 g/mol. The SMILES string of the molecule is NS(=O)(=O)CC1CC(=O)N(c2cc(=O)cc[nH]2)C1. The lowest BCUT2D eigenvalue weighted by atomic mass is 10.1. The van der Waals surface area contributed by atoms with Crippen LogP contribution in [0.3, 0.4) is 0 Å². The van der Waals surface area contributed by atoms with Crippen LogP contribution >= 0.6 is 0 Å². The van der Waals surface area contributed by atoms with Crippen molar-refractivity contribution in [2.75, 3.05) is 17.2 Å². The molecule has 1 aromatic rings. The van der Waals surface area contributed by atoms with Crippen LogP contribution in [0.5, 0.6) is 0 Å². The van der Waals surface area contributed by atoms with Crippen LogP contribution in [0.2, 0.25) is 0 Å². The van der Waals surface area contributed by atoms with Crippen LogP contribution in [0.15, 0.2) is 23.1 Å². The summed E-state index contributed by atoms with van der Waals surface area (Å²) >= 11 is 0. The van der Waals surface area contributed by atoms with E-state index in [1.165, 1.54) is 23.2 Å². The second-order valence-corrected chi connectivity index (χ2v) is 5.97. The zero-order chi connectivity index (χ0) is 13.3. The van der Waals surface area contributed by atoms with E-state index < -0.39 is 10.0 Å². The van der Waals surface area contributed by atoms with Crippen LogP contribution in [0.25, 0.3) is 0 Å². The third-order valence-corrected chi connectivity index (χ3v) is 3.66. The summed E-state index contributed by atoms with van der Waals surface area (Å²) in [4.78, 5) is 27.1. The zero-order valence-corrected chi connectivity index (χ0v) is 10.3. The highest BCUT2D eigenvalue weighted by molar-refractivity contribution is 7.89. The van der Waals surface area contributed by atoms with E-state index >= 15 is 0 Å². The molecule has 1 amide bonds. The van der Waals surface area contributed by atoms with Crippen molar-refractivity contribution in [3.63, 3.8) is 0 Å². The van der Waals surface area contributed by atoms with Crippen molar-refractivity contribution in [2.24, 2.45) is 11.1 Å². The van der Waals surface area contributed by atoms with Crippen LogP contribution in [0, 0.1) is 5.92 Å². The highest BCUT2D eigenvalue weighted by Gasteiger charge is 2.33. The van der Waals surface area contributed by atoms with E-state index in [9.17, 15) is 18.0 Å². The molecule has 1 aliphatic rings. The Morgan fingerprint density at radius 1 is 1.44 bits per heavy atom. The molecule has 2 rings (SSSR count). The number of aromatic amines is 1. The first kappa shape index (κ1) is 12.8. The van der Waals surface area contributed by atoms with Crippen LogP contribution in [-0.4, -0.2) is 31.6 Å². The molecule has 1 fully saturated rings. The Kier molecular flexibility index (Phi) is 3.22. The summed E-state index contributed by atoms with van der Waals surface area (Å²) in [6.07, 6.45) is 1.56. The molecule has 1 unspecified atom stereocenters. The molecule has 0 saturated carbocycles. The number of amides is 1. The van der Waals surface area contributed by atoms with Gasteiger partial charge in [-0.3, -0.25) is 14.5 Å². The molecule has 0 aliphatic carbocycles. The topological polar surface area (TPSA) is 113 Å². The summed E-state index contributed by atoms with van der Waals surface area (Å²) in [7, 11) is -3.60. The van der Waals surface area contributed by atoms with E-state index in [4.69, 9.17) is 5.14 Å². The summed E-state index contributed by atoms with van der Waals surface area (Å²) in [6, 6.07) is 2.64. The molecule has 3 N–H and O–H groups in total. The lowest BCUT2D eigenvalue weighted by Crippen LogP contribution is -2.28. The average molecular weight is 271 g/mol. The minimum absolute atomic E-state index is 0.118. The average Bonchev–Trinajstić information content (AvgIpc) is 2.56. The summed E-state index contributed by atoms with van der Waals surface area (Å²) in [5.74, 6) is -0.405.